The fourth-order valence-corrected chi connectivity index (χ4v) is 1.07. The van der Waals surface area contributed by atoms with Crippen molar-refractivity contribution in [3.63, 3.8) is 0 Å². The Balaban J connectivity index is 4.00. The number of likely N-dealkylation sites (N-methyl/N-ethyl adjacent to an activating group) is 2. The molecule has 0 rings (SSSR count). The molecule has 0 aromatic carbocycles. The summed E-state index contributed by atoms with van der Waals surface area (Å²) in [6, 6.07) is -0.0470. The summed E-state index contributed by atoms with van der Waals surface area (Å²) >= 11 is 0. The van der Waals surface area contributed by atoms with Crippen LogP contribution in [0.5, 0.6) is 0 Å². The standard InChI is InChI=1S/C9H20N2O2/c1-5-7(2)11(4)6-8(10-3)9(12)13/h7-8,10H,5-6H2,1-4H3,(H,12,13). The van der Waals surface area contributed by atoms with Crippen LogP contribution in [0.1, 0.15) is 20.3 Å². The maximum atomic E-state index is 10.7. The number of hydrogen-bond donors (Lipinski definition) is 2. The number of carboxylic acid groups (broad SMARTS) is 1. The van der Waals surface area contributed by atoms with Crippen LogP contribution in [0, 0.1) is 0 Å². The summed E-state index contributed by atoms with van der Waals surface area (Å²) in [6.07, 6.45) is 1.03. The summed E-state index contributed by atoms with van der Waals surface area (Å²) < 4.78 is 0. The molecule has 0 aromatic heterocycles. The summed E-state index contributed by atoms with van der Waals surface area (Å²) in [4.78, 5) is 12.7. The van der Waals surface area contributed by atoms with Gasteiger partial charge in [-0.1, -0.05) is 6.92 Å². The molecule has 0 bridgehead atoms. The van der Waals surface area contributed by atoms with Gasteiger partial charge in [0.2, 0.25) is 0 Å². The largest absolute Gasteiger partial charge is 0.480 e. The Bertz CT molecular complexity index is 162. The van der Waals surface area contributed by atoms with Gasteiger partial charge in [0.25, 0.3) is 0 Å². The zero-order valence-electron chi connectivity index (χ0n) is 8.87. The summed E-state index contributed by atoms with van der Waals surface area (Å²) in [7, 11) is 3.62. The first-order chi connectivity index (χ1) is 6.02. The van der Waals surface area contributed by atoms with E-state index in [9.17, 15) is 4.79 Å². The van der Waals surface area contributed by atoms with E-state index >= 15 is 0 Å². The van der Waals surface area contributed by atoms with Crippen molar-refractivity contribution in [2.24, 2.45) is 0 Å². The molecule has 0 aliphatic heterocycles. The summed E-state index contributed by atoms with van der Waals surface area (Å²) in [6.45, 7) is 4.73. The average molecular weight is 188 g/mol. The van der Waals surface area contributed by atoms with Crippen molar-refractivity contribution in [3.05, 3.63) is 0 Å². The van der Waals surface area contributed by atoms with Crippen molar-refractivity contribution in [1.29, 1.82) is 0 Å². The van der Waals surface area contributed by atoms with Crippen LogP contribution >= 0.6 is 0 Å². The van der Waals surface area contributed by atoms with Gasteiger partial charge < -0.3 is 15.3 Å². The maximum Gasteiger partial charge on any atom is 0.322 e. The summed E-state index contributed by atoms with van der Waals surface area (Å²) in [5.74, 6) is -0.794. The maximum absolute atomic E-state index is 10.7. The van der Waals surface area contributed by atoms with Gasteiger partial charge in [-0.25, -0.2) is 0 Å². The summed E-state index contributed by atoms with van der Waals surface area (Å²) in [5, 5.41) is 11.6. The predicted octanol–water partition coefficient (Wildman–Crippen LogP) is 0.389. The molecule has 0 fully saturated rings. The number of rotatable bonds is 6. The van der Waals surface area contributed by atoms with Gasteiger partial charge in [-0.2, -0.15) is 0 Å². The van der Waals surface area contributed by atoms with E-state index < -0.39 is 12.0 Å². The second-order valence-electron chi connectivity index (χ2n) is 3.38. The number of carbonyl (C=O) groups is 1. The van der Waals surface area contributed by atoms with Crippen molar-refractivity contribution >= 4 is 5.97 Å². The van der Waals surface area contributed by atoms with Crippen molar-refractivity contribution in [3.8, 4) is 0 Å². The molecule has 0 aliphatic carbocycles. The molecule has 2 atom stereocenters. The van der Waals surface area contributed by atoms with E-state index in [-0.39, 0.29) is 0 Å². The normalized spacial score (nSPS) is 15.8. The zero-order valence-corrected chi connectivity index (χ0v) is 8.87. The lowest BCUT2D eigenvalue weighted by Gasteiger charge is -2.26. The van der Waals surface area contributed by atoms with E-state index in [4.69, 9.17) is 5.11 Å². The van der Waals surface area contributed by atoms with Gasteiger partial charge in [0.05, 0.1) is 0 Å². The van der Waals surface area contributed by atoms with Crippen LogP contribution in [0.2, 0.25) is 0 Å². The molecule has 0 saturated carbocycles. The molecule has 4 heteroatoms. The van der Waals surface area contributed by atoms with Crippen molar-refractivity contribution in [2.45, 2.75) is 32.4 Å². The van der Waals surface area contributed by atoms with E-state index in [0.717, 1.165) is 6.42 Å². The number of nitrogens with zero attached hydrogens (tertiary/aromatic N) is 1. The molecule has 0 radical (unpaired) electrons. The highest BCUT2D eigenvalue weighted by Crippen LogP contribution is 2.00. The lowest BCUT2D eigenvalue weighted by Crippen LogP contribution is -2.45. The van der Waals surface area contributed by atoms with Crippen molar-refractivity contribution < 1.29 is 9.90 Å². The van der Waals surface area contributed by atoms with Crippen molar-refractivity contribution in [1.82, 2.24) is 10.2 Å². The molecule has 78 valence electrons. The van der Waals surface area contributed by atoms with Crippen LogP contribution in [0.25, 0.3) is 0 Å². The highest BCUT2D eigenvalue weighted by atomic mass is 16.4. The lowest BCUT2D eigenvalue weighted by molar-refractivity contribution is -0.139. The Kier molecular flexibility index (Phi) is 5.66. The van der Waals surface area contributed by atoms with E-state index in [1.54, 1.807) is 7.05 Å². The molecule has 4 nitrogen and oxygen atoms in total. The molecule has 13 heavy (non-hydrogen) atoms. The average Bonchev–Trinajstić information content (AvgIpc) is 2.11. The Morgan fingerprint density at radius 1 is 1.62 bits per heavy atom. The molecule has 0 saturated heterocycles. The van der Waals surface area contributed by atoms with Gasteiger partial charge >= 0.3 is 5.97 Å². The van der Waals surface area contributed by atoms with Crippen LogP contribution in [0.15, 0.2) is 0 Å². The minimum Gasteiger partial charge on any atom is -0.480 e. The Hall–Kier alpha value is -0.610. The van der Waals surface area contributed by atoms with Gasteiger partial charge in [0, 0.05) is 12.6 Å². The van der Waals surface area contributed by atoms with Crippen LogP contribution in [-0.4, -0.2) is 48.7 Å². The highest BCUT2D eigenvalue weighted by molar-refractivity contribution is 5.73. The number of nitrogens with one attached hydrogen (secondary N) is 1. The predicted molar refractivity (Wildman–Crippen MR) is 52.9 cm³/mol. The molecule has 0 amide bonds. The SMILES string of the molecule is CCC(C)N(C)CC(NC)C(=O)O. The van der Waals surface area contributed by atoms with E-state index in [0.29, 0.717) is 12.6 Å². The monoisotopic (exact) mass is 188 g/mol. The fourth-order valence-electron chi connectivity index (χ4n) is 1.07. The van der Waals surface area contributed by atoms with Gasteiger partial charge in [0.15, 0.2) is 0 Å². The van der Waals surface area contributed by atoms with Gasteiger partial charge in [-0.15, -0.1) is 0 Å². The van der Waals surface area contributed by atoms with E-state index in [1.165, 1.54) is 0 Å². The van der Waals surface area contributed by atoms with Crippen LogP contribution in [0.4, 0.5) is 0 Å². The quantitative estimate of drug-likeness (QED) is 0.633. The Morgan fingerprint density at radius 2 is 2.15 bits per heavy atom. The smallest absolute Gasteiger partial charge is 0.322 e. The molecular formula is C9H20N2O2. The summed E-state index contributed by atoms with van der Waals surface area (Å²) in [5.41, 5.74) is 0. The second kappa shape index (κ2) is 5.94. The third-order valence-electron chi connectivity index (χ3n) is 2.46. The van der Waals surface area contributed by atoms with Crippen LogP contribution < -0.4 is 5.32 Å². The van der Waals surface area contributed by atoms with Crippen LogP contribution in [0.3, 0.4) is 0 Å². The second-order valence-corrected chi connectivity index (χ2v) is 3.38. The van der Waals surface area contributed by atoms with E-state index in [1.807, 2.05) is 7.05 Å². The van der Waals surface area contributed by atoms with Crippen molar-refractivity contribution in [2.75, 3.05) is 20.6 Å². The highest BCUT2D eigenvalue weighted by Gasteiger charge is 2.18. The van der Waals surface area contributed by atoms with Gasteiger partial charge in [-0.3, -0.25) is 4.79 Å². The molecule has 2 unspecified atom stereocenters. The van der Waals surface area contributed by atoms with Gasteiger partial charge in [0.1, 0.15) is 6.04 Å². The molecule has 0 heterocycles. The zero-order chi connectivity index (χ0) is 10.4. The number of carboxylic acids is 1. The first kappa shape index (κ1) is 12.4. The topological polar surface area (TPSA) is 52.6 Å². The molecule has 2 N–H and O–H groups in total. The Labute approximate surface area is 79.9 Å². The third-order valence-corrected chi connectivity index (χ3v) is 2.46. The first-order valence-corrected chi connectivity index (χ1v) is 4.63. The number of aliphatic carboxylic acids is 1. The first-order valence-electron chi connectivity index (χ1n) is 4.63. The van der Waals surface area contributed by atoms with Crippen LogP contribution in [-0.2, 0) is 4.79 Å². The fraction of sp³-hybridized carbons (Fsp3) is 0.889. The third kappa shape index (κ3) is 4.24. The lowest BCUT2D eigenvalue weighted by atomic mass is 10.2. The molecule has 0 spiro atoms. The minimum absolute atomic E-state index is 0.426. The Morgan fingerprint density at radius 3 is 2.46 bits per heavy atom. The minimum atomic E-state index is -0.794. The van der Waals surface area contributed by atoms with E-state index in [2.05, 4.69) is 24.1 Å². The number of hydrogen-bond acceptors (Lipinski definition) is 3. The molecule has 0 aliphatic rings. The van der Waals surface area contributed by atoms with Gasteiger partial charge in [-0.05, 0) is 27.4 Å². The molecule has 0 aromatic rings. The molecular weight excluding hydrogens is 168 g/mol.